The number of hydrogen-bond donors (Lipinski definition) is 0. The van der Waals surface area contributed by atoms with Gasteiger partial charge in [-0.25, -0.2) is 0 Å². The van der Waals surface area contributed by atoms with Gasteiger partial charge in [0.2, 0.25) is 0 Å². The predicted molar refractivity (Wildman–Crippen MR) is 78.2 cm³/mol. The molecule has 6 heteroatoms. The summed E-state index contributed by atoms with van der Waals surface area (Å²) in [6.45, 7) is 1.98. The minimum Gasteiger partial charge on any atom is -0.435 e. The number of piperidine rings is 1. The van der Waals surface area contributed by atoms with Crippen molar-refractivity contribution in [1.29, 1.82) is 0 Å². The number of ether oxygens (including phenoxy) is 2. The Morgan fingerprint density at radius 1 is 1.27 bits per heavy atom. The van der Waals surface area contributed by atoms with Crippen LogP contribution in [-0.2, 0) is 4.74 Å². The van der Waals surface area contributed by atoms with Crippen molar-refractivity contribution in [3.63, 3.8) is 0 Å². The number of hydrogen-bond acceptors (Lipinski definition) is 3. The summed E-state index contributed by atoms with van der Waals surface area (Å²) >= 11 is 0. The molecule has 1 fully saturated rings. The van der Waals surface area contributed by atoms with Crippen LogP contribution in [0.2, 0.25) is 0 Å². The highest BCUT2D eigenvalue weighted by atomic mass is 19.3. The van der Waals surface area contributed by atoms with Gasteiger partial charge >= 0.3 is 6.61 Å². The summed E-state index contributed by atoms with van der Waals surface area (Å²) in [5, 5.41) is 0. The Balaban J connectivity index is 1.87. The van der Waals surface area contributed by atoms with Crippen molar-refractivity contribution in [2.24, 2.45) is 5.92 Å². The molecule has 1 aliphatic rings. The molecule has 1 aromatic rings. The Morgan fingerprint density at radius 3 is 2.45 bits per heavy atom. The van der Waals surface area contributed by atoms with E-state index in [1.807, 2.05) is 6.92 Å². The fourth-order valence-corrected chi connectivity index (χ4v) is 2.55. The van der Waals surface area contributed by atoms with Crippen LogP contribution in [0, 0.1) is 5.92 Å². The molecule has 122 valence electrons. The summed E-state index contributed by atoms with van der Waals surface area (Å²) in [6, 6.07) is 5.82. The zero-order valence-corrected chi connectivity index (χ0v) is 12.6. The molecule has 0 N–H and O–H groups in total. The van der Waals surface area contributed by atoms with E-state index in [4.69, 9.17) is 4.74 Å². The number of likely N-dealkylation sites (tertiary alicyclic amines) is 1. The third-order valence-corrected chi connectivity index (χ3v) is 3.79. The van der Waals surface area contributed by atoms with Crippen molar-refractivity contribution < 1.29 is 23.0 Å². The summed E-state index contributed by atoms with van der Waals surface area (Å²) in [5.74, 6) is 0.492. The molecule has 0 aliphatic carbocycles. The lowest BCUT2D eigenvalue weighted by atomic mass is 9.97. The first kappa shape index (κ1) is 16.7. The Morgan fingerprint density at radius 2 is 1.91 bits per heavy atom. The van der Waals surface area contributed by atoms with E-state index in [2.05, 4.69) is 4.74 Å². The topological polar surface area (TPSA) is 38.8 Å². The van der Waals surface area contributed by atoms with Crippen molar-refractivity contribution in [2.75, 3.05) is 26.3 Å². The van der Waals surface area contributed by atoms with E-state index in [1.165, 1.54) is 24.3 Å². The zero-order valence-electron chi connectivity index (χ0n) is 12.6. The minimum atomic E-state index is -2.86. The van der Waals surface area contributed by atoms with Crippen LogP contribution >= 0.6 is 0 Å². The maximum atomic E-state index is 12.4. The molecule has 1 heterocycles. The van der Waals surface area contributed by atoms with E-state index in [9.17, 15) is 13.6 Å². The lowest BCUT2D eigenvalue weighted by Gasteiger charge is -2.32. The van der Waals surface area contributed by atoms with Gasteiger partial charge in [0.1, 0.15) is 5.75 Å². The molecule has 4 nitrogen and oxygen atoms in total. The highest BCUT2D eigenvalue weighted by Crippen LogP contribution is 2.21. The maximum Gasteiger partial charge on any atom is 0.387 e. The van der Waals surface area contributed by atoms with Gasteiger partial charge in [-0.1, -0.05) is 0 Å². The largest absolute Gasteiger partial charge is 0.435 e. The fraction of sp³-hybridized carbons (Fsp3) is 0.562. The Kier molecular flexibility index (Phi) is 6.12. The molecule has 1 aromatic carbocycles. The number of halogens is 2. The molecular formula is C16H21F2NO3. The van der Waals surface area contributed by atoms with Crippen LogP contribution in [-0.4, -0.2) is 43.7 Å². The van der Waals surface area contributed by atoms with Gasteiger partial charge in [-0.05, 0) is 49.9 Å². The van der Waals surface area contributed by atoms with Crippen LogP contribution in [0.3, 0.4) is 0 Å². The van der Waals surface area contributed by atoms with E-state index in [1.54, 1.807) is 4.90 Å². The van der Waals surface area contributed by atoms with E-state index in [0.29, 0.717) is 31.2 Å². The third-order valence-electron chi connectivity index (χ3n) is 3.79. The second-order valence-electron chi connectivity index (χ2n) is 5.30. The van der Waals surface area contributed by atoms with Crippen molar-refractivity contribution in [2.45, 2.75) is 26.4 Å². The van der Waals surface area contributed by atoms with E-state index in [0.717, 1.165) is 19.4 Å². The number of nitrogens with zero attached hydrogens (tertiary/aromatic N) is 1. The number of rotatable bonds is 6. The van der Waals surface area contributed by atoms with Crippen LogP contribution < -0.4 is 4.74 Å². The minimum absolute atomic E-state index is 0.0574. The molecule has 0 bridgehead atoms. The quantitative estimate of drug-likeness (QED) is 0.809. The first-order chi connectivity index (χ1) is 10.6. The van der Waals surface area contributed by atoms with Gasteiger partial charge in [-0.3, -0.25) is 4.79 Å². The Hall–Kier alpha value is -1.69. The lowest BCUT2D eigenvalue weighted by Crippen LogP contribution is -2.39. The molecule has 1 amide bonds. The smallest absolute Gasteiger partial charge is 0.387 e. The Bertz CT molecular complexity index is 471. The number of amides is 1. The monoisotopic (exact) mass is 313 g/mol. The molecule has 0 unspecified atom stereocenters. The molecule has 0 aromatic heterocycles. The molecule has 0 saturated carbocycles. The molecule has 1 aliphatic heterocycles. The second-order valence-corrected chi connectivity index (χ2v) is 5.30. The number of alkyl halides is 2. The van der Waals surface area contributed by atoms with Gasteiger partial charge in [0.25, 0.3) is 5.91 Å². The summed E-state index contributed by atoms with van der Waals surface area (Å²) in [6.07, 6.45) is 1.86. The van der Waals surface area contributed by atoms with Crippen LogP contribution in [0.1, 0.15) is 30.1 Å². The van der Waals surface area contributed by atoms with Gasteiger partial charge < -0.3 is 14.4 Å². The molecule has 2 rings (SSSR count). The molecule has 1 saturated heterocycles. The van der Waals surface area contributed by atoms with Crippen molar-refractivity contribution >= 4 is 5.91 Å². The summed E-state index contributed by atoms with van der Waals surface area (Å²) in [7, 11) is 0. The Labute approximate surface area is 129 Å². The van der Waals surface area contributed by atoms with Crippen LogP contribution in [0.25, 0.3) is 0 Å². The highest BCUT2D eigenvalue weighted by molar-refractivity contribution is 5.94. The summed E-state index contributed by atoms with van der Waals surface area (Å²) in [5.41, 5.74) is 0.491. The van der Waals surface area contributed by atoms with Crippen LogP contribution in [0.5, 0.6) is 5.75 Å². The van der Waals surface area contributed by atoms with E-state index < -0.39 is 6.61 Å². The van der Waals surface area contributed by atoms with Gasteiger partial charge in [0.05, 0.1) is 0 Å². The molecule has 22 heavy (non-hydrogen) atoms. The van der Waals surface area contributed by atoms with Gasteiger partial charge in [-0.2, -0.15) is 8.78 Å². The van der Waals surface area contributed by atoms with Gasteiger partial charge in [0.15, 0.2) is 0 Å². The highest BCUT2D eigenvalue weighted by Gasteiger charge is 2.23. The van der Waals surface area contributed by atoms with Crippen LogP contribution in [0.15, 0.2) is 24.3 Å². The SMILES string of the molecule is CCOCC1CCN(C(=O)c2ccc(OC(F)F)cc2)CC1. The van der Waals surface area contributed by atoms with E-state index in [-0.39, 0.29) is 11.7 Å². The fourth-order valence-electron chi connectivity index (χ4n) is 2.55. The molecule has 0 radical (unpaired) electrons. The molecular weight excluding hydrogens is 292 g/mol. The number of benzene rings is 1. The van der Waals surface area contributed by atoms with Crippen LogP contribution in [0.4, 0.5) is 8.78 Å². The van der Waals surface area contributed by atoms with Crippen molar-refractivity contribution in [3.8, 4) is 5.75 Å². The third kappa shape index (κ3) is 4.66. The number of carbonyl (C=O) groups is 1. The number of carbonyl (C=O) groups excluding carboxylic acids is 1. The molecule has 0 atom stereocenters. The van der Waals surface area contributed by atoms with Gasteiger partial charge in [-0.15, -0.1) is 0 Å². The predicted octanol–water partition coefficient (Wildman–Crippen LogP) is 3.18. The normalized spacial score (nSPS) is 16.1. The van der Waals surface area contributed by atoms with E-state index >= 15 is 0 Å². The maximum absolute atomic E-state index is 12.4. The first-order valence-electron chi connectivity index (χ1n) is 7.52. The summed E-state index contributed by atoms with van der Waals surface area (Å²) in [4.78, 5) is 14.2. The van der Waals surface area contributed by atoms with Crippen molar-refractivity contribution in [3.05, 3.63) is 29.8 Å². The van der Waals surface area contributed by atoms with Gasteiger partial charge in [0, 0.05) is 31.9 Å². The standard InChI is InChI=1S/C16H21F2NO3/c1-2-21-11-12-7-9-19(10-8-12)15(20)13-3-5-14(6-4-13)22-16(17)18/h3-6,12,16H,2,7-11H2,1H3. The zero-order chi connectivity index (χ0) is 15.9. The summed E-state index contributed by atoms with van der Waals surface area (Å²) < 4.78 is 33.9. The second kappa shape index (κ2) is 8.08. The van der Waals surface area contributed by atoms with Crippen molar-refractivity contribution in [1.82, 2.24) is 4.90 Å². The lowest BCUT2D eigenvalue weighted by molar-refractivity contribution is -0.0498. The first-order valence-corrected chi connectivity index (χ1v) is 7.52. The average molecular weight is 313 g/mol. The average Bonchev–Trinajstić information content (AvgIpc) is 2.53. The molecule has 0 spiro atoms.